The molecule has 5 rings (SSSR count). The highest BCUT2D eigenvalue weighted by Gasteiger charge is 2.49. The van der Waals surface area contributed by atoms with Gasteiger partial charge in [0.05, 0.1) is 41.2 Å². The smallest absolute Gasteiger partial charge is 0.312 e. The molecule has 312 valence electrons. The number of phenols is 2. The zero-order valence-electron chi connectivity index (χ0n) is 33.8. The van der Waals surface area contributed by atoms with Crippen molar-refractivity contribution in [2.75, 3.05) is 19.0 Å². The second-order valence-electron chi connectivity index (χ2n) is 14.9. The number of aliphatic hydroxyl groups excluding tert-OH is 3. The van der Waals surface area contributed by atoms with E-state index in [0.29, 0.717) is 0 Å². The minimum Gasteiger partial charge on any atom is -0.507 e. The summed E-state index contributed by atoms with van der Waals surface area (Å²) in [5, 5.41) is 59.9. The van der Waals surface area contributed by atoms with Gasteiger partial charge < -0.3 is 59.9 Å². The number of amides is 2. The van der Waals surface area contributed by atoms with Gasteiger partial charge in [-0.1, -0.05) is 45.9 Å². The fourth-order valence-corrected chi connectivity index (χ4v) is 7.17. The Morgan fingerprint density at radius 1 is 1.00 bits per heavy atom. The number of Topliss-reactive ketones (excluding diaryl/α,β-unsaturated/α-hetero) is 1. The van der Waals surface area contributed by atoms with Crippen LogP contribution in [-0.4, -0.2) is 99.2 Å². The van der Waals surface area contributed by atoms with E-state index < -0.39 is 102 Å². The maximum absolute atomic E-state index is 14.4. The van der Waals surface area contributed by atoms with E-state index in [1.54, 1.807) is 39.8 Å². The predicted molar refractivity (Wildman–Crippen MR) is 207 cm³/mol. The van der Waals surface area contributed by atoms with Crippen LogP contribution in [0.15, 0.2) is 42.2 Å². The first-order chi connectivity index (χ1) is 26.6. The van der Waals surface area contributed by atoms with Crippen molar-refractivity contribution in [2.45, 2.75) is 98.7 Å². The van der Waals surface area contributed by atoms with Crippen molar-refractivity contribution in [1.82, 2.24) is 5.32 Å². The number of aliphatic hydroxyl groups is 3. The van der Waals surface area contributed by atoms with Gasteiger partial charge in [0.25, 0.3) is 17.6 Å². The average molecular weight is 799 g/mol. The molecule has 16 nitrogen and oxygen atoms in total. The summed E-state index contributed by atoms with van der Waals surface area (Å²) in [4.78, 5) is 52.6. The number of hydrogen-bond donors (Lipinski definition) is 7. The highest BCUT2D eigenvalue weighted by molar-refractivity contribution is 6.21. The first-order valence-electron chi connectivity index (χ1n) is 18.6. The van der Waals surface area contributed by atoms with E-state index in [-0.39, 0.29) is 44.7 Å². The van der Waals surface area contributed by atoms with Gasteiger partial charge in [-0.05, 0) is 26.8 Å². The quantitative estimate of drug-likeness (QED) is 0.125. The Kier molecular flexibility index (Phi) is 14.0. The second-order valence-corrected chi connectivity index (χ2v) is 14.9. The van der Waals surface area contributed by atoms with Crippen LogP contribution in [0, 0.1) is 30.6 Å². The van der Waals surface area contributed by atoms with Gasteiger partial charge in [-0.25, -0.2) is 0 Å². The number of ketones is 1. The van der Waals surface area contributed by atoms with E-state index in [1.807, 2.05) is 0 Å². The molecule has 16 heteroatoms. The van der Waals surface area contributed by atoms with Crippen LogP contribution in [0.4, 0.5) is 5.69 Å². The summed E-state index contributed by atoms with van der Waals surface area (Å²) in [6.45, 7) is 13.0. The average Bonchev–Trinajstić information content (AvgIpc) is 3.41. The molecule has 0 spiro atoms. The number of benzene rings is 2. The monoisotopic (exact) mass is 798 g/mol. The zero-order chi connectivity index (χ0) is 42.7. The Morgan fingerprint density at radius 3 is 2.28 bits per heavy atom. The van der Waals surface area contributed by atoms with Crippen LogP contribution >= 0.6 is 0 Å². The minimum atomic E-state index is -2.06. The largest absolute Gasteiger partial charge is 0.507 e. The fraction of sp³-hybridized carbons (Fsp3) is 0.512. The Morgan fingerprint density at radius 2 is 1.67 bits per heavy atom. The maximum atomic E-state index is 14.4. The van der Waals surface area contributed by atoms with E-state index in [2.05, 4.69) is 10.6 Å². The number of carbonyl (C=O) groups excluding carboxylic acids is 4. The molecule has 0 aliphatic carbocycles. The number of carbonyl (C=O) groups is 4. The lowest BCUT2D eigenvalue weighted by Gasteiger charge is -2.38. The summed E-state index contributed by atoms with van der Waals surface area (Å²) < 4.78 is 29.3. The number of anilines is 1. The summed E-state index contributed by atoms with van der Waals surface area (Å²) in [6.07, 6.45) is 2.19. The van der Waals surface area contributed by atoms with Gasteiger partial charge >= 0.3 is 11.8 Å². The highest BCUT2D eigenvalue weighted by atomic mass is 16.7. The number of methoxy groups -OCH3 is 1. The summed E-state index contributed by atoms with van der Waals surface area (Å²) >= 11 is 0. The molecule has 0 saturated heterocycles. The Hall–Kier alpha value is -5.16. The van der Waals surface area contributed by atoms with Crippen LogP contribution in [0.25, 0.3) is 10.8 Å². The first kappa shape index (κ1) is 44.6. The molecule has 57 heavy (non-hydrogen) atoms. The molecule has 3 heterocycles. The number of nitrogens with one attached hydrogen (secondary N) is 2. The van der Waals surface area contributed by atoms with Crippen molar-refractivity contribution < 1.29 is 68.4 Å². The Labute approximate surface area is 331 Å². The number of fused-ring (bicyclic) bond motifs is 14. The molecule has 2 amide bonds. The van der Waals surface area contributed by atoms with Crippen LogP contribution < -0.4 is 20.1 Å². The summed E-state index contributed by atoms with van der Waals surface area (Å²) in [5.41, 5.74) is -0.200. The summed E-state index contributed by atoms with van der Waals surface area (Å²) in [7, 11) is 1.42. The number of hydrogen-bond acceptors (Lipinski definition) is 14. The van der Waals surface area contributed by atoms with Gasteiger partial charge in [-0.15, -0.1) is 0 Å². The molecule has 7 N–H and O–H groups in total. The summed E-state index contributed by atoms with van der Waals surface area (Å²) in [5.74, 6) is -8.83. The maximum Gasteiger partial charge on any atom is 0.312 e. The molecular weight excluding hydrogens is 744 g/mol. The van der Waals surface area contributed by atoms with E-state index in [0.717, 1.165) is 0 Å². The number of rotatable bonds is 6. The van der Waals surface area contributed by atoms with Crippen LogP contribution in [0.5, 0.6) is 23.0 Å². The molecule has 2 aromatic rings. The number of aromatic hydroxyl groups is 2. The van der Waals surface area contributed by atoms with E-state index >= 15 is 0 Å². The first-order valence-corrected chi connectivity index (χ1v) is 18.6. The molecule has 5 bridgehead atoms. The summed E-state index contributed by atoms with van der Waals surface area (Å²) in [6, 6.07) is 1.18. The lowest BCUT2D eigenvalue weighted by Crippen LogP contribution is -2.46. The van der Waals surface area contributed by atoms with Crippen molar-refractivity contribution in [1.29, 1.82) is 0 Å². The zero-order valence-corrected chi connectivity index (χ0v) is 33.8. The van der Waals surface area contributed by atoms with Crippen molar-refractivity contribution >= 4 is 40.0 Å². The third kappa shape index (κ3) is 9.36. The SMILES string of the molecule is CO[C@H]1/C=C/O[C@@]2(C)Oc3c(C)c(O)c4c(O)c(cc(OCC(=O)NC(C)O)c4c3C2=O)NC(=O)/C(C)=C\C=C\[C@H](C)[C@H](O)[C@@H](C)[C@@H](O)[C@@H](C)[C@H](OC(C)=O)[C@@H]1C. The fourth-order valence-electron chi connectivity index (χ4n) is 7.17. The number of phenolic OH excluding ortho intramolecular Hbond substituents is 2. The molecule has 1 unspecified atom stereocenters. The predicted octanol–water partition coefficient (Wildman–Crippen LogP) is 3.88. The molecule has 0 fully saturated rings. The topological polar surface area (TPSA) is 240 Å². The van der Waals surface area contributed by atoms with Crippen molar-refractivity contribution in [2.24, 2.45) is 23.7 Å². The van der Waals surface area contributed by atoms with Crippen LogP contribution in [0.3, 0.4) is 0 Å². The Balaban J connectivity index is 1.93. The van der Waals surface area contributed by atoms with Gasteiger partial charge in [0.1, 0.15) is 29.6 Å². The van der Waals surface area contributed by atoms with E-state index in [4.69, 9.17) is 23.7 Å². The van der Waals surface area contributed by atoms with E-state index in [1.165, 1.54) is 66.2 Å². The van der Waals surface area contributed by atoms with Crippen molar-refractivity contribution in [3.8, 4) is 23.0 Å². The van der Waals surface area contributed by atoms with Gasteiger partial charge in [0, 0.05) is 67.2 Å². The van der Waals surface area contributed by atoms with Crippen molar-refractivity contribution in [3.05, 3.63) is 53.3 Å². The Bertz CT molecular complexity index is 1970. The van der Waals surface area contributed by atoms with Crippen LogP contribution in [0.1, 0.15) is 71.3 Å². The van der Waals surface area contributed by atoms with Gasteiger partial charge in [0.2, 0.25) is 0 Å². The number of allylic oxidation sites excluding steroid dienone is 2. The van der Waals surface area contributed by atoms with Crippen LogP contribution in [0.2, 0.25) is 0 Å². The molecule has 10 atom stereocenters. The lowest BCUT2D eigenvalue weighted by atomic mass is 9.78. The minimum absolute atomic E-state index is 0.0381. The highest BCUT2D eigenvalue weighted by Crippen LogP contribution is 2.54. The molecule has 0 saturated carbocycles. The molecule has 2 aromatic carbocycles. The molecular formula is C41H54N2O14. The normalized spacial score (nSPS) is 31.0. The molecule has 3 aliphatic heterocycles. The molecule has 3 aliphatic rings. The number of ether oxygens (including phenoxy) is 5. The van der Waals surface area contributed by atoms with E-state index in [9.17, 15) is 44.7 Å². The third-order valence-corrected chi connectivity index (χ3v) is 10.6. The van der Waals surface area contributed by atoms with Gasteiger partial charge in [-0.3, -0.25) is 19.2 Å². The second kappa shape index (κ2) is 18.0. The molecule has 0 aromatic heterocycles. The van der Waals surface area contributed by atoms with Gasteiger partial charge in [-0.2, -0.15) is 0 Å². The molecule has 0 radical (unpaired) electrons. The lowest BCUT2D eigenvalue weighted by molar-refractivity contribution is -0.160. The van der Waals surface area contributed by atoms with Crippen LogP contribution in [-0.2, 0) is 28.6 Å². The van der Waals surface area contributed by atoms with Gasteiger partial charge in [0.15, 0.2) is 12.4 Å². The standard InChI is InChI=1S/C41H54N2O14/c1-18-12-11-13-19(2)40(52)43-26-16-28(54-17-29(46)42-24(7)44)30-31(36(26)50)35(49)23(6)38-32(30)39(51)41(9,57-38)55-15-14-27(53-10)20(3)37(56-25(8)45)22(5)34(48)21(4)33(18)47/h11-16,18,20-22,24,27,33-34,37,44,47-50H,17H2,1-10H3,(H,42,46)(H,43,52)/b12-11+,15-14+,19-13-/t18-,20+,21+,22+,24?,27-,33-,34+,37+,41-/m0/s1. The third-order valence-electron chi connectivity index (χ3n) is 10.6. The number of esters is 1. The van der Waals surface area contributed by atoms with Crippen molar-refractivity contribution in [3.63, 3.8) is 0 Å².